The Balaban J connectivity index is 1.89. The van der Waals surface area contributed by atoms with Gasteiger partial charge < -0.3 is 10.6 Å². The van der Waals surface area contributed by atoms with E-state index >= 15 is 0 Å². The third-order valence-electron chi connectivity index (χ3n) is 3.29. The second-order valence-corrected chi connectivity index (χ2v) is 5.33. The summed E-state index contributed by atoms with van der Waals surface area (Å²) in [6.07, 6.45) is 10.1. The summed E-state index contributed by atoms with van der Waals surface area (Å²) >= 11 is 0. The fourth-order valence-corrected chi connectivity index (χ4v) is 1.93. The molecule has 1 fully saturated rings. The first kappa shape index (κ1) is 14.5. The van der Waals surface area contributed by atoms with E-state index in [9.17, 15) is 4.79 Å². The summed E-state index contributed by atoms with van der Waals surface area (Å²) in [5.41, 5.74) is 0. The minimum atomic E-state index is 0.158. The van der Waals surface area contributed by atoms with Crippen molar-refractivity contribution in [3.8, 4) is 0 Å². The number of carbonyl (C=O) groups excluding carboxylic acids is 1. The highest BCUT2D eigenvalue weighted by Gasteiger charge is 2.22. The second-order valence-electron chi connectivity index (χ2n) is 5.33. The molecule has 0 bridgehead atoms. The van der Waals surface area contributed by atoms with Crippen molar-refractivity contribution in [1.82, 2.24) is 10.6 Å². The number of unbranched alkanes of at least 4 members (excludes halogenated alkanes) is 4. The Kier molecular flexibility index (Phi) is 7.25. The molecular formula is C14H28N2O. The van der Waals surface area contributed by atoms with Crippen molar-refractivity contribution in [2.24, 2.45) is 0 Å². The molecule has 0 aromatic heterocycles. The average Bonchev–Trinajstić information content (AvgIpc) is 3.10. The van der Waals surface area contributed by atoms with Gasteiger partial charge >= 0.3 is 0 Å². The third-order valence-corrected chi connectivity index (χ3v) is 3.29. The molecule has 0 spiro atoms. The fraction of sp³-hybridized carbons (Fsp3) is 0.929. The molecule has 0 aromatic rings. The first-order valence-electron chi connectivity index (χ1n) is 7.25. The minimum Gasteiger partial charge on any atom is -0.352 e. The third kappa shape index (κ3) is 8.19. The van der Waals surface area contributed by atoms with E-state index in [4.69, 9.17) is 0 Å². The molecule has 1 aliphatic carbocycles. The van der Waals surface area contributed by atoms with Gasteiger partial charge in [-0.15, -0.1) is 0 Å². The van der Waals surface area contributed by atoms with Gasteiger partial charge in [0.25, 0.3) is 0 Å². The van der Waals surface area contributed by atoms with Gasteiger partial charge in [0.05, 0.1) is 6.54 Å². The van der Waals surface area contributed by atoms with Gasteiger partial charge in [0.1, 0.15) is 0 Å². The predicted molar refractivity (Wildman–Crippen MR) is 72.0 cm³/mol. The van der Waals surface area contributed by atoms with Crippen molar-refractivity contribution in [2.75, 3.05) is 6.54 Å². The molecule has 1 amide bonds. The summed E-state index contributed by atoms with van der Waals surface area (Å²) < 4.78 is 0. The number of rotatable bonds is 10. The Morgan fingerprint density at radius 3 is 2.59 bits per heavy atom. The van der Waals surface area contributed by atoms with E-state index in [0.29, 0.717) is 18.6 Å². The van der Waals surface area contributed by atoms with E-state index in [1.165, 1.54) is 51.4 Å². The van der Waals surface area contributed by atoms with Crippen LogP contribution in [0.25, 0.3) is 0 Å². The summed E-state index contributed by atoms with van der Waals surface area (Å²) in [6.45, 7) is 4.89. The maximum atomic E-state index is 11.4. The molecule has 1 unspecified atom stereocenters. The van der Waals surface area contributed by atoms with Gasteiger partial charge in [-0.3, -0.25) is 4.79 Å². The number of hydrogen-bond acceptors (Lipinski definition) is 2. The van der Waals surface area contributed by atoms with Gasteiger partial charge in [0, 0.05) is 12.1 Å². The molecule has 0 saturated heterocycles. The van der Waals surface area contributed by atoms with E-state index in [0.717, 1.165) is 0 Å². The number of nitrogens with one attached hydrogen (secondary N) is 2. The molecule has 2 N–H and O–H groups in total. The summed E-state index contributed by atoms with van der Waals surface area (Å²) in [5.74, 6) is 0.158. The molecule has 0 heterocycles. The van der Waals surface area contributed by atoms with Crippen LogP contribution in [0.3, 0.4) is 0 Å². The van der Waals surface area contributed by atoms with Crippen LogP contribution in [0.5, 0.6) is 0 Å². The lowest BCUT2D eigenvalue weighted by molar-refractivity contribution is -0.120. The molecule has 1 saturated carbocycles. The molecule has 0 radical (unpaired) electrons. The summed E-state index contributed by atoms with van der Waals surface area (Å²) in [7, 11) is 0. The lowest BCUT2D eigenvalue weighted by Crippen LogP contribution is -2.38. The van der Waals surface area contributed by atoms with Crippen LogP contribution in [-0.2, 0) is 4.79 Å². The van der Waals surface area contributed by atoms with Crippen molar-refractivity contribution in [3.05, 3.63) is 0 Å². The van der Waals surface area contributed by atoms with Crippen LogP contribution < -0.4 is 10.6 Å². The molecule has 1 atom stereocenters. The van der Waals surface area contributed by atoms with Crippen molar-refractivity contribution >= 4 is 5.91 Å². The van der Waals surface area contributed by atoms with E-state index in [-0.39, 0.29) is 5.91 Å². The second kappa shape index (κ2) is 8.51. The molecule has 0 aromatic carbocycles. The molecule has 100 valence electrons. The molecular weight excluding hydrogens is 212 g/mol. The van der Waals surface area contributed by atoms with E-state index in [2.05, 4.69) is 24.5 Å². The lowest BCUT2D eigenvalue weighted by Gasteiger charge is -2.13. The van der Waals surface area contributed by atoms with Crippen LogP contribution >= 0.6 is 0 Å². The molecule has 3 heteroatoms. The monoisotopic (exact) mass is 240 g/mol. The van der Waals surface area contributed by atoms with Crippen LogP contribution in [0.15, 0.2) is 0 Å². The molecule has 0 aliphatic heterocycles. The maximum absolute atomic E-state index is 11.4. The standard InChI is InChI=1S/C14H28N2O/c1-3-4-5-6-7-8-12(2)15-11-14(17)16-13-9-10-13/h12-13,15H,3-11H2,1-2H3,(H,16,17). The molecule has 3 nitrogen and oxygen atoms in total. The van der Waals surface area contributed by atoms with Gasteiger partial charge in [-0.2, -0.15) is 0 Å². The summed E-state index contributed by atoms with van der Waals surface area (Å²) in [5, 5.41) is 6.29. The van der Waals surface area contributed by atoms with Crippen molar-refractivity contribution in [1.29, 1.82) is 0 Å². The van der Waals surface area contributed by atoms with Crippen LogP contribution in [0.4, 0.5) is 0 Å². The Bertz CT molecular complexity index is 214. The quantitative estimate of drug-likeness (QED) is 0.576. The topological polar surface area (TPSA) is 41.1 Å². The molecule has 1 aliphatic rings. The molecule has 1 rings (SSSR count). The maximum Gasteiger partial charge on any atom is 0.234 e. The highest BCUT2D eigenvalue weighted by atomic mass is 16.2. The van der Waals surface area contributed by atoms with E-state index in [1.807, 2.05) is 0 Å². The first-order valence-corrected chi connectivity index (χ1v) is 7.25. The summed E-state index contributed by atoms with van der Waals surface area (Å²) in [6, 6.07) is 0.940. The van der Waals surface area contributed by atoms with Gasteiger partial charge in [0.2, 0.25) is 5.91 Å². The van der Waals surface area contributed by atoms with Gasteiger partial charge in [-0.25, -0.2) is 0 Å². The van der Waals surface area contributed by atoms with Crippen LogP contribution in [0.2, 0.25) is 0 Å². The smallest absolute Gasteiger partial charge is 0.234 e. The first-order chi connectivity index (χ1) is 8.22. The highest BCUT2D eigenvalue weighted by molar-refractivity contribution is 5.78. The normalized spacial score (nSPS) is 16.8. The SMILES string of the molecule is CCCCCCCC(C)NCC(=O)NC1CC1. The zero-order chi connectivity index (χ0) is 12.5. The Hall–Kier alpha value is -0.570. The number of carbonyl (C=O) groups is 1. The van der Waals surface area contributed by atoms with Gasteiger partial charge in [-0.05, 0) is 26.2 Å². The van der Waals surface area contributed by atoms with Gasteiger partial charge in [0.15, 0.2) is 0 Å². The Morgan fingerprint density at radius 2 is 1.94 bits per heavy atom. The largest absolute Gasteiger partial charge is 0.352 e. The average molecular weight is 240 g/mol. The van der Waals surface area contributed by atoms with Crippen LogP contribution in [0, 0.1) is 0 Å². The number of hydrogen-bond donors (Lipinski definition) is 2. The minimum absolute atomic E-state index is 0.158. The Morgan fingerprint density at radius 1 is 1.24 bits per heavy atom. The van der Waals surface area contributed by atoms with E-state index in [1.54, 1.807) is 0 Å². The lowest BCUT2D eigenvalue weighted by atomic mass is 10.1. The zero-order valence-electron chi connectivity index (χ0n) is 11.4. The highest BCUT2D eigenvalue weighted by Crippen LogP contribution is 2.18. The fourth-order valence-electron chi connectivity index (χ4n) is 1.93. The van der Waals surface area contributed by atoms with Gasteiger partial charge in [-0.1, -0.05) is 39.0 Å². The van der Waals surface area contributed by atoms with Crippen LogP contribution in [0.1, 0.15) is 65.2 Å². The predicted octanol–water partition coefficient (Wildman–Crippen LogP) is 2.60. The van der Waals surface area contributed by atoms with Crippen LogP contribution in [-0.4, -0.2) is 24.5 Å². The van der Waals surface area contributed by atoms with Crippen molar-refractivity contribution in [3.63, 3.8) is 0 Å². The van der Waals surface area contributed by atoms with Crippen molar-refractivity contribution in [2.45, 2.75) is 77.3 Å². The van der Waals surface area contributed by atoms with Crippen molar-refractivity contribution < 1.29 is 4.79 Å². The Labute approximate surface area is 106 Å². The number of amides is 1. The van der Waals surface area contributed by atoms with E-state index < -0.39 is 0 Å². The molecule has 17 heavy (non-hydrogen) atoms. The zero-order valence-corrected chi connectivity index (χ0v) is 11.4. The summed E-state index contributed by atoms with van der Waals surface area (Å²) in [4.78, 5) is 11.4.